The number of rotatable bonds is 7. The van der Waals surface area contributed by atoms with Crippen molar-refractivity contribution < 1.29 is 14.5 Å². The third-order valence-corrected chi connectivity index (χ3v) is 3.85. The lowest BCUT2D eigenvalue weighted by atomic mass is 9.87. The Morgan fingerprint density at radius 3 is 2.50 bits per heavy atom. The molecule has 2 aromatic rings. The lowest BCUT2D eigenvalue weighted by Crippen LogP contribution is -2.24. The number of para-hydroxylation sites is 1. The van der Waals surface area contributed by atoms with Gasteiger partial charge in [-0.05, 0) is 41.3 Å². The Bertz CT molecular complexity index is 881. The molecule has 1 amide bonds. The Morgan fingerprint density at radius 2 is 1.86 bits per heavy atom. The highest BCUT2D eigenvalue weighted by Gasteiger charge is 2.13. The fraction of sp³-hybridized carbons (Fsp3) is 0.238. The van der Waals surface area contributed by atoms with E-state index in [1.54, 1.807) is 24.3 Å². The van der Waals surface area contributed by atoms with Crippen LogP contribution in [-0.4, -0.2) is 23.7 Å². The smallest absolute Gasteiger partial charge is 0.277 e. The molecule has 7 heteroatoms. The number of hydrogen-bond donors (Lipinski definition) is 1. The van der Waals surface area contributed by atoms with E-state index in [4.69, 9.17) is 4.74 Å². The van der Waals surface area contributed by atoms with Crippen molar-refractivity contribution >= 4 is 23.9 Å². The molecule has 1 N–H and O–H groups in total. The molecule has 0 aliphatic carbocycles. The number of carbonyl (C=O) groups is 1. The van der Waals surface area contributed by atoms with Crippen molar-refractivity contribution in [1.29, 1.82) is 0 Å². The standard InChI is InChI=1S/C21H23N3O4/c1-21(2,3)17-10-12-18(13-11-17)28-15-20(25)23-22-14-6-8-16-7-4-5-9-19(16)24(26)27/h4-14H,15H2,1-3H3,(H,23,25)/b8-6-,22-14-. The number of ether oxygens (including phenoxy) is 1. The lowest BCUT2D eigenvalue weighted by molar-refractivity contribution is -0.385. The van der Waals surface area contributed by atoms with Crippen LogP contribution in [0, 0.1) is 10.1 Å². The molecule has 28 heavy (non-hydrogen) atoms. The van der Waals surface area contributed by atoms with Crippen LogP contribution in [0.3, 0.4) is 0 Å². The summed E-state index contributed by atoms with van der Waals surface area (Å²) in [6, 6.07) is 13.9. The van der Waals surface area contributed by atoms with Gasteiger partial charge in [0.15, 0.2) is 6.61 Å². The van der Waals surface area contributed by atoms with Crippen LogP contribution in [-0.2, 0) is 10.2 Å². The summed E-state index contributed by atoms with van der Waals surface area (Å²) in [4.78, 5) is 22.2. The van der Waals surface area contributed by atoms with Gasteiger partial charge in [0.25, 0.3) is 11.6 Å². The quantitative estimate of drug-likeness (QED) is 0.444. The third-order valence-electron chi connectivity index (χ3n) is 3.85. The minimum atomic E-state index is -0.454. The first-order valence-corrected chi connectivity index (χ1v) is 8.73. The van der Waals surface area contributed by atoms with Gasteiger partial charge in [0.1, 0.15) is 5.75 Å². The molecule has 0 aliphatic heterocycles. The summed E-state index contributed by atoms with van der Waals surface area (Å²) in [5.41, 5.74) is 4.02. The molecule has 0 radical (unpaired) electrons. The van der Waals surface area contributed by atoms with Crippen LogP contribution >= 0.6 is 0 Å². The van der Waals surface area contributed by atoms with Crippen molar-refractivity contribution in [2.24, 2.45) is 5.10 Å². The minimum absolute atomic E-state index is 0.00191. The van der Waals surface area contributed by atoms with Crippen LogP contribution in [0.4, 0.5) is 5.69 Å². The van der Waals surface area contributed by atoms with E-state index in [1.165, 1.54) is 23.9 Å². The second kappa shape index (κ2) is 9.45. The fourth-order valence-corrected chi connectivity index (χ4v) is 2.33. The van der Waals surface area contributed by atoms with E-state index in [0.29, 0.717) is 11.3 Å². The topological polar surface area (TPSA) is 93.8 Å². The van der Waals surface area contributed by atoms with Gasteiger partial charge in [0.2, 0.25) is 0 Å². The molecule has 0 bridgehead atoms. The Hall–Kier alpha value is -3.48. The van der Waals surface area contributed by atoms with Gasteiger partial charge in [0.05, 0.1) is 10.5 Å². The van der Waals surface area contributed by atoms with E-state index in [1.807, 2.05) is 24.3 Å². The minimum Gasteiger partial charge on any atom is -0.484 e. The summed E-state index contributed by atoms with van der Waals surface area (Å²) in [5, 5.41) is 14.7. The summed E-state index contributed by atoms with van der Waals surface area (Å²) in [6.07, 6.45) is 4.39. The summed E-state index contributed by atoms with van der Waals surface area (Å²) >= 11 is 0. The number of carbonyl (C=O) groups excluding carboxylic acids is 1. The van der Waals surface area contributed by atoms with E-state index in [-0.39, 0.29) is 17.7 Å². The van der Waals surface area contributed by atoms with Crippen LogP contribution in [0.15, 0.2) is 59.7 Å². The highest BCUT2D eigenvalue weighted by atomic mass is 16.6. The second-order valence-electron chi connectivity index (χ2n) is 7.05. The van der Waals surface area contributed by atoms with Crippen LogP contribution in [0.2, 0.25) is 0 Å². The molecule has 2 aromatic carbocycles. The summed E-state index contributed by atoms with van der Waals surface area (Å²) < 4.78 is 5.42. The molecule has 0 aromatic heterocycles. The first kappa shape index (κ1) is 20.8. The maximum Gasteiger partial charge on any atom is 0.277 e. The molecule has 0 unspecified atom stereocenters. The van der Waals surface area contributed by atoms with E-state index in [9.17, 15) is 14.9 Å². The highest BCUT2D eigenvalue weighted by Crippen LogP contribution is 2.24. The Morgan fingerprint density at radius 1 is 1.18 bits per heavy atom. The average molecular weight is 381 g/mol. The lowest BCUT2D eigenvalue weighted by Gasteiger charge is -2.19. The number of nitro groups is 1. The van der Waals surface area contributed by atoms with Crippen LogP contribution in [0.1, 0.15) is 31.9 Å². The summed E-state index contributed by atoms with van der Waals surface area (Å²) in [6.45, 7) is 6.20. The van der Waals surface area contributed by atoms with E-state index >= 15 is 0 Å². The highest BCUT2D eigenvalue weighted by molar-refractivity contribution is 5.82. The van der Waals surface area contributed by atoms with E-state index < -0.39 is 10.8 Å². The molecule has 0 heterocycles. The molecule has 0 saturated heterocycles. The molecular weight excluding hydrogens is 358 g/mol. The van der Waals surface area contributed by atoms with Gasteiger partial charge in [-0.2, -0.15) is 5.10 Å². The number of nitrogens with zero attached hydrogens (tertiary/aromatic N) is 2. The zero-order chi connectivity index (χ0) is 20.6. The molecule has 0 saturated carbocycles. The van der Waals surface area contributed by atoms with E-state index in [2.05, 4.69) is 31.3 Å². The van der Waals surface area contributed by atoms with Gasteiger partial charge < -0.3 is 4.74 Å². The SMILES string of the molecule is CC(C)(C)c1ccc(OCC(=O)N/N=C\C=C/c2ccccc2[N+](=O)[O-])cc1. The number of nitrogens with one attached hydrogen (secondary N) is 1. The van der Waals surface area contributed by atoms with Crippen LogP contribution in [0.25, 0.3) is 6.08 Å². The Kier molecular flexibility index (Phi) is 7.03. The molecule has 0 aliphatic rings. The van der Waals surface area contributed by atoms with Gasteiger partial charge >= 0.3 is 0 Å². The predicted molar refractivity (Wildman–Crippen MR) is 109 cm³/mol. The fourth-order valence-electron chi connectivity index (χ4n) is 2.33. The second-order valence-corrected chi connectivity index (χ2v) is 7.05. The monoisotopic (exact) mass is 381 g/mol. The summed E-state index contributed by atoms with van der Waals surface area (Å²) in [5.74, 6) is 0.193. The Balaban J connectivity index is 1.80. The number of nitro benzene ring substituents is 1. The number of hydrazone groups is 1. The van der Waals surface area contributed by atoms with Crippen LogP contribution < -0.4 is 10.2 Å². The van der Waals surface area contributed by atoms with Crippen molar-refractivity contribution in [3.63, 3.8) is 0 Å². The number of hydrogen-bond acceptors (Lipinski definition) is 5. The van der Waals surface area contributed by atoms with Crippen molar-refractivity contribution in [2.45, 2.75) is 26.2 Å². The summed E-state index contributed by atoms with van der Waals surface area (Å²) in [7, 11) is 0. The molecule has 0 fully saturated rings. The molecular formula is C21H23N3O4. The number of allylic oxidation sites excluding steroid dienone is 1. The number of benzene rings is 2. The van der Waals surface area contributed by atoms with Gasteiger partial charge in [-0.25, -0.2) is 5.43 Å². The van der Waals surface area contributed by atoms with Crippen molar-refractivity contribution in [3.8, 4) is 5.75 Å². The van der Waals surface area contributed by atoms with Crippen LogP contribution in [0.5, 0.6) is 5.75 Å². The van der Waals surface area contributed by atoms with Crippen molar-refractivity contribution in [3.05, 3.63) is 75.8 Å². The average Bonchev–Trinajstić information content (AvgIpc) is 2.66. The van der Waals surface area contributed by atoms with Gasteiger partial charge in [0, 0.05) is 12.3 Å². The largest absolute Gasteiger partial charge is 0.484 e. The Labute approximate surface area is 163 Å². The predicted octanol–water partition coefficient (Wildman–Crippen LogP) is 4.09. The molecule has 0 atom stereocenters. The van der Waals surface area contributed by atoms with Gasteiger partial charge in [-0.3, -0.25) is 14.9 Å². The zero-order valence-corrected chi connectivity index (χ0v) is 16.1. The van der Waals surface area contributed by atoms with Gasteiger partial charge in [-0.1, -0.05) is 45.0 Å². The maximum atomic E-state index is 11.8. The number of amides is 1. The van der Waals surface area contributed by atoms with Crippen molar-refractivity contribution in [1.82, 2.24) is 5.43 Å². The molecule has 7 nitrogen and oxygen atoms in total. The van der Waals surface area contributed by atoms with E-state index in [0.717, 1.165) is 0 Å². The zero-order valence-electron chi connectivity index (χ0n) is 16.1. The molecule has 2 rings (SSSR count). The van der Waals surface area contributed by atoms with Crippen molar-refractivity contribution in [2.75, 3.05) is 6.61 Å². The first-order chi connectivity index (χ1) is 13.3. The normalized spacial score (nSPS) is 11.7. The van der Waals surface area contributed by atoms with Gasteiger partial charge in [-0.15, -0.1) is 0 Å². The maximum absolute atomic E-state index is 11.8. The first-order valence-electron chi connectivity index (χ1n) is 8.73. The third kappa shape index (κ3) is 6.35. The molecule has 0 spiro atoms. The molecule has 146 valence electrons.